The Bertz CT molecular complexity index is 348. The average Bonchev–Trinajstić information content (AvgIpc) is 2.09. The third kappa shape index (κ3) is 3.18. The van der Waals surface area contributed by atoms with Crippen LogP contribution in [0.3, 0.4) is 0 Å². The highest BCUT2D eigenvalue weighted by atomic mass is 35.5. The number of aliphatic hydroxyl groups is 1. The van der Waals surface area contributed by atoms with Gasteiger partial charge in [0.05, 0.1) is 11.1 Å². The van der Waals surface area contributed by atoms with E-state index in [1.54, 1.807) is 19.1 Å². The number of halogens is 2. The van der Waals surface area contributed by atoms with E-state index in [9.17, 15) is 9.50 Å². The highest BCUT2D eigenvalue weighted by Gasteiger charge is 2.12. The van der Waals surface area contributed by atoms with Crippen molar-refractivity contribution in [1.82, 2.24) is 0 Å². The predicted molar refractivity (Wildman–Crippen MR) is 60.9 cm³/mol. The van der Waals surface area contributed by atoms with Gasteiger partial charge in [-0.3, -0.25) is 0 Å². The lowest BCUT2D eigenvalue weighted by molar-refractivity contribution is 0.195. The van der Waals surface area contributed by atoms with Crippen LogP contribution in [-0.2, 0) is 6.42 Å². The Kier molecular flexibility index (Phi) is 4.12. The van der Waals surface area contributed by atoms with Crippen LogP contribution in [0.1, 0.15) is 37.8 Å². The third-order valence-electron chi connectivity index (χ3n) is 2.27. The van der Waals surface area contributed by atoms with Crippen LogP contribution in [0, 0.1) is 5.82 Å². The third-order valence-corrected chi connectivity index (χ3v) is 2.54. The lowest BCUT2D eigenvalue weighted by Gasteiger charge is -2.12. The van der Waals surface area contributed by atoms with Gasteiger partial charge in [0.15, 0.2) is 0 Å². The van der Waals surface area contributed by atoms with E-state index < -0.39 is 6.10 Å². The van der Waals surface area contributed by atoms with Gasteiger partial charge in [-0.05, 0) is 36.5 Å². The van der Waals surface area contributed by atoms with Crippen LogP contribution < -0.4 is 0 Å². The minimum absolute atomic E-state index is 0.0939. The molecule has 1 unspecified atom stereocenters. The molecule has 0 radical (unpaired) electrons. The first kappa shape index (κ1) is 12.5. The Hall–Kier alpha value is -0.600. The van der Waals surface area contributed by atoms with Crippen LogP contribution >= 0.6 is 11.6 Å². The highest BCUT2D eigenvalue weighted by molar-refractivity contribution is 6.30. The van der Waals surface area contributed by atoms with Gasteiger partial charge in [-0.25, -0.2) is 4.39 Å². The van der Waals surface area contributed by atoms with E-state index >= 15 is 0 Å². The highest BCUT2D eigenvalue weighted by Crippen LogP contribution is 2.26. The fourth-order valence-corrected chi connectivity index (χ4v) is 1.80. The van der Waals surface area contributed by atoms with Gasteiger partial charge in [-0.15, -0.1) is 0 Å². The molecule has 1 aromatic rings. The molecule has 0 saturated carbocycles. The molecule has 0 spiro atoms. The van der Waals surface area contributed by atoms with Crippen molar-refractivity contribution in [3.63, 3.8) is 0 Å². The first-order valence-corrected chi connectivity index (χ1v) is 5.45. The minimum Gasteiger partial charge on any atom is -0.393 e. The average molecular weight is 231 g/mol. The molecule has 0 aliphatic rings. The van der Waals surface area contributed by atoms with Gasteiger partial charge in [0.25, 0.3) is 0 Å². The normalized spacial score (nSPS) is 13.3. The molecule has 0 heterocycles. The zero-order valence-corrected chi connectivity index (χ0v) is 9.98. The van der Waals surface area contributed by atoms with Gasteiger partial charge in [0.1, 0.15) is 5.82 Å². The zero-order valence-electron chi connectivity index (χ0n) is 9.22. The fourth-order valence-electron chi connectivity index (χ4n) is 1.55. The van der Waals surface area contributed by atoms with Crippen LogP contribution in [0.5, 0.6) is 0 Å². The first-order chi connectivity index (χ1) is 6.91. The summed E-state index contributed by atoms with van der Waals surface area (Å²) in [5.41, 5.74) is 1.48. The summed E-state index contributed by atoms with van der Waals surface area (Å²) in [6.45, 7) is 5.54. The molecular formula is C12H16ClFO. The van der Waals surface area contributed by atoms with E-state index in [0.29, 0.717) is 12.0 Å². The van der Waals surface area contributed by atoms with Crippen molar-refractivity contribution in [2.45, 2.75) is 39.2 Å². The molecule has 0 bridgehead atoms. The van der Waals surface area contributed by atoms with Gasteiger partial charge in [-0.2, -0.15) is 0 Å². The SMILES string of the molecule is CC(O)Cc1cc(Cl)c(F)c(C(C)C)c1. The summed E-state index contributed by atoms with van der Waals surface area (Å²) in [4.78, 5) is 0. The number of hydrogen-bond acceptors (Lipinski definition) is 1. The molecule has 0 aromatic heterocycles. The molecule has 3 heteroatoms. The van der Waals surface area contributed by atoms with E-state index in [4.69, 9.17) is 11.6 Å². The molecule has 84 valence electrons. The van der Waals surface area contributed by atoms with Gasteiger partial charge in [-0.1, -0.05) is 31.5 Å². The van der Waals surface area contributed by atoms with E-state index in [1.165, 1.54) is 0 Å². The van der Waals surface area contributed by atoms with E-state index in [0.717, 1.165) is 5.56 Å². The summed E-state index contributed by atoms with van der Waals surface area (Å²) < 4.78 is 13.6. The van der Waals surface area contributed by atoms with Crippen molar-refractivity contribution in [2.75, 3.05) is 0 Å². The first-order valence-electron chi connectivity index (χ1n) is 5.07. The number of hydrogen-bond donors (Lipinski definition) is 1. The maximum atomic E-state index is 13.6. The van der Waals surface area contributed by atoms with E-state index in [1.807, 2.05) is 13.8 Å². The van der Waals surface area contributed by atoms with Crippen LogP contribution in [0.4, 0.5) is 4.39 Å². The van der Waals surface area contributed by atoms with Crippen molar-refractivity contribution >= 4 is 11.6 Å². The number of benzene rings is 1. The molecule has 0 aliphatic carbocycles. The Balaban J connectivity index is 3.11. The maximum Gasteiger partial charge on any atom is 0.145 e. The Labute approximate surface area is 94.9 Å². The molecule has 1 rings (SSSR count). The summed E-state index contributed by atoms with van der Waals surface area (Å²) in [6, 6.07) is 3.36. The lowest BCUT2D eigenvalue weighted by atomic mass is 9.98. The Morgan fingerprint density at radius 1 is 1.33 bits per heavy atom. The van der Waals surface area contributed by atoms with Crippen LogP contribution in [-0.4, -0.2) is 11.2 Å². The molecule has 0 amide bonds. The summed E-state index contributed by atoms with van der Waals surface area (Å²) in [5.74, 6) is -0.252. The summed E-state index contributed by atoms with van der Waals surface area (Å²) in [5, 5.41) is 9.39. The minimum atomic E-state index is -0.438. The summed E-state index contributed by atoms with van der Waals surface area (Å²) in [7, 11) is 0. The Morgan fingerprint density at radius 3 is 2.40 bits per heavy atom. The standard InChI is InChI=1S/C12H16ClFO/c1-7(2)10-5-9(4-8(3)15)6-11(13)12(10)14/h5-8,15H,4H2,1-3H3. The van der Waals surface area contributed by atoms with E-state index in [2.05, 4.69) is 0 Å². The molecule has 0 fully saturated rings. The number of rotatable bonds is 3. The summed E-state index contributed by atoms with van der Waals surface area (Å²) in [6.07, 6.45) is 0.0613. The predicted octanol–water partition coefficient (Wildman–Crippen LogP) is 3.53. The smallest absolute Gasteiger partial charge is 0.145 e. The molecule has 1 nitrogen and oxygen atoms in total. The maximum absolute atomic E-state index is 13.6. The van der Waals surface area contributed by atoms with Gasteiger partial charge >= 0.3 is 0 Å². The second kappa shape index (κ2) is 4.95. The number of aliphatic hydroxyl groups excluding tert-OH is 1. The van der Waals surface area contributed by atoms with Crippen LogP contribution in [0.25, 0.3) is 0 Å². The van der Waals surface area contributed by atoms with Crippen LogP contribution in [0.2, 0.25) is 5.02 Å². The topological polar surface area (TPSA) is 20.2 Å². The lowest BCUT2D eigenvalue weighted by Crippen LogP contribution is -2.06. The molecular weight excluding hydrogens is 215 g/mol. The summed E-state index contributed by atoms with van der Waals surface area (Å²) >= 11 is 5.79. The molecule has 1 atom stereocenters. The largest absolute Gasteiger partial charge is 0.393 e. The zero-order chi connectivity index (χ0) is 11.6. The van der Waals surface area contributed by atoms with Crippen molar-refractivity contribution < 1.29 is 9.50 Å². The molecule has 0 saturated heterocycles. The molecule has 1 N–H and O–H groups in total. The fraction of sp³-hybridized carbons (Fsp3) is 0.500. The van der Waals surface area contributed by atoms with Gasteiger partial charge in [0, 0.05) is 0 Å². The van der Waals surface area contributed by atoms with Crippen molar-refractivity contribution in [1.29, 1.82) is 0 Å². The molecule has 0 aliphatic heterocycles. The second-order valence-electron chi connectivity index (χ2n) is 4.19. The van der Waals surface area contributed by atoms with Gasteiger partial charge < -0.3 is 5.11 Å². The van der Waals surface area contributed by atoms with Crippen molar-refractivity contribution in [2.24, 2.45) is 0 Å². The van der Waals surface area contributed by atoms with Crippen molar-refractivity contribution in [3.05, 3.63) is 34.1 Å². The van der Waals surface area contributed by atoms with E-state index in [-0.39, 0.29) is 16.8 Å². The molecule has 15 heavy (non-hydrogen) atoms. The quantitative estimate of drug-likeness (QED) is 0.843. The van der Waals surface area contributed by atoms with Crippen molar-refractivity contribution in [3.8, 4) is 0 Å². The second-order valence-corrected chi connectivity index (χ2v) is 4.60. The van der Waals surface area contributed by atoms with Gasteiger partial charge in [0.2, 0.25) is 0 Å². The Morgan fingerprint density at radius 2 is 1.93 bits per heavy atom. The molecule has 1 aromatic carbocycles. The monoisotopic (exact) mass is 230 g/mol. The van der Waals surface area contributed by atoms with Crippen LogP contribution in [0.15, 0.2) is 12.1 Å².